The molecule has 0 aliphatic heterocycles. The number of hydrogen-bond acceptors (Lipinski definition) is 7. The Morgan fingerprint density at radius 3 is 2.68 bits per heavy atom. The molecule has 0 aliphatic carbocycles. The van der Waals surface area contributed by atoms with Gasteiger partial charge in [-0.15, -0.1) is 5.10 Å². The highest BCUT2D eigenvalue weighted by molar-refractivity contribution is 5.97. The molecule has 1 aromatic carbocycles. The van der Waals surface area contributed by atoms with Crippen LogP contribution in [0.15, 0.2) is 36.7 Å². The standard InChI is InChI=1S/C26H35N5O3/c1-3-10-23-24(15-14-22(20(2)32)26(23)33)34-18-8-4-5-13-25-28-29-30-31(25)17-7-6-11-21-12-9-16-27-19-21/h9,12,14-16,19,33H,3-8,10-11,13,17-18H2,1-2H3. The molecule has 0 aliphatic rings. The normalized spacial score (nSPS) is 11.0. The zero-order valence-electron chi connectivity index (χ0n) is 20.2. The Balaban J connectivity index is 1.37. The molecule has 0 unspecified atom stereocenters. The zero-order valence-corrected chi connectivity index (χ0v) is 20.2. The lowest BCUT2D eigenvalue weighted by molar-refractivity contribution is 0.101. The number of pyridine rings is 1. The van der Waals surface area contributed by atoms with Gasteiger partial charge in [-0.05, 0) is 86.1 Å². The van der Waals surface area contributed by atoms with E-state index in [-0.39, 0.29) is 11.5 Å². The second-order valence-corrected chi connectivity index (χ2v) is 8.54. The van der Waals surface area contributed by atoms with Crippen LogP contribution in [-0.4, -0.2) is 42.7 Å². The maximum Gasteiger partial charge on any atom is 0.163 e. The number of hydrogen-bond donors (Lipinski definition) is 1. The predicted octanol–water partition coefficient (Wildman–Crippen LogP) is 4.74. The number of nitrogens with zero attached hydrogens (tertiary/aromatic N) is 5. The highest BCUT2D eigenvalue weighted by Gasteiger charge is 2.15. The molecule has 0 saturated carbocycles. The first-order valence-corrected chi connectivity index (χ1v) is 12.2. The first-order chi connectivity index (χ1) is 16.6. The number of rotatable bonds is 15. The van der Waals surface area contributed by atoms with Gasteiger partial charge in [-0.3, -0.25) is 9.78 Å². The number of ketones is 1. The number of unbranched alkanes of at least 4 members (excludes halogenated alkanes) is 3. The lowest BCUT2D eigenvalue weighted by Crippen LogP contribution is -2.07. The fourth-order valence-corrected chi connectivity index (χ4v) is 3.99. The minimum Gasteiger partial charge on any atom is -0.507 e. The minimum atomic E-state index is -0.141. The summed E-state index contributed by atoms with van der Waals surface area (Å²) in [5.41, 5.74) is 2.33. The number of carbonyl (C=O) groups is 1. The molecule has 0 amide bonds. The van der Waals surface area contributed by atoms with Crippen LogP contribution in [0.4, 0.5) is 0 Å². The molecule has 1 N–H and O–H groups in total. The number of Topliss-reactive ketones (excluding diaryl/α,β-unsaturated/α-hetero) is 1. The molecule has 2 aromatic heterocycles. The first-order valence-electron chi connectivity index (χ1n) is 12.2. The summed E-state index contributed by atoms with van der Waals surface area (Å²) >= 11 is 0. The van der Waals surface area contributed by atoms with Gasteiger partial charge in [0.25, 0.3) is 0 Å². The lowest BCUT2D eigenvalue weighted by Gasteiger charge is -2.14. The molecule has 3 rings (SSSR count). The number of benzene rings is 1. The SMILES string of the molecule is CCCc1c(OCCCCCc2nnnn2CCCCc2cccnc2)ccc(C(C)=O)c1O. The van der Waals surface area contributed by atoms with Crippen molar-refractivity contribution in [2.75, 3.05) is 6.61 Å². The molecule has 0 bridgehead atoms. The third-order valence-corrected chi connectivity index (χ3v) is 5.84. The van der Waals surface area contributed by atoms with E-state index in [2.05, 4.69) is 26.6 Å². The van der Waals surface area contributed by atoms with Gasteiger partial charge in [-0.1, -0.05) is 19.4 Å². The van der Waals surface area contributed by atoms with E-state index >= 15 is 0 Å². The Morgan fingerprint density at radius 1 is 1.06 bits per heavy atom. The molecule has 8 nitrogen and oxygen atoms in total. The number of phenolic OH excluding ortho intramolecular Hbond substituents is 1. The number of carbonyl (C=O) groups excluding carboxylic acids is 1. The smallest absolute Gasteiger partial charge is 0.163 e. The molecule has 0 spiro atoms. The van der Waals surface area contributed by atoms with Gasteiger partial charge in [0.1, 0.15) is 11.5 Å². The number of aromatic hydroxyl groups is 1. The van der Waals surface area contributed by atoms with Crippen LogP contribution in [-0.2, 0) is 25.8 Å². The van der Waals surface area contributed by atoms with Crippen LogP contribution in [0.25, 0.3) is 0 Å². The van der Waals surface area contributed by atoms with Gasteiger partial charge < -0.3 is 9.84 Å². The van der Waals surface area contributed by atoms with E-state index in [0.29, 0.717) is 24.3 Å². The molecule has 0 saturated heterocycles. The third-order valence-electron chi connectivity index (χ3n) is 5.84. The van der Waals surface area contributed by atoms with Gasteiger partial charge in [-0.2, -0.15) is 0 Å². The summed E-state index contributed by atoms with van der Waals surface area (Å²) in [6.07, 6.45) is 12.1. The Kier molecular flexibility index (Phi) is 10.0. The van der Waals surface area contributed by atoms with E-state index in [1.807, 2.05) is 23.9 Å². The van der Waals surface area contributed by atoms with Crippen LogP contribution in [0.1, 0.15) is 79.7 Å². The molecule has 182 valence electrons. The second-order valence-electron chi connectivity index (χ2n) is 8.54. The van der Waals surface area contributed by atoms with Crippen molar-refractivity contribution in [2.24, 2.45) is 0 Å². The number of ether oxygens (including phenoxy) is 1. The minimum absolute atomic E-state index is 0.0547. The fraction of sp³-hybridized carbons (Fsp3) is 0.500. The molecule has 2 heterocycles. The number of aryl methyl sites for hydroxylation is 3. The summed E-state index contributed by atoms with van der Waals surface area (Å²) < 4.78 is 7.86. The summed E-state index contributed by atoms with van der Waals surface area (Å²) in [7, 11) is 0. The third kappa shape index (κ3) is 7.37. The predicted molar refractivity (Wildman–Crippen MR) is 130 cm³/mol. The van der Waals surface area contributed by atoms with E-state index in [1.54, 1.807) is 18.3 Å². The zero-order chi connectivity index (χ0) is 24.2. The highest BCUT2D eigenvalue weighted by Crippen LogP contribution is 2.33. The van der Waals surface area contributed by atoms with E-state index in [4.69, 9.17) is 4.74 Å². The Hall–Kier alpha value is -3.29. The Labute approximate surface area is 201 Å². The molecule has 3 aromatic rings. The maximum absolute atomic E-state index is 11.7. The number of phenols is 1. The average molecular weight is 466 g/mol. The summed E-state index contributed by atoms with van der Waals surface area (Å²) in [5, 5.41) is 22.6. The molecule has 8 heteroatoms. The van der Waals surface area contributed by atoms with E-state index in [9.17, 15) is 9.90 Å². The maximum atomic E-state index is 11.7. The molecule has 0 radical (unpaired) electrons. The lowest BCUT2D eigenvalue weighted by atomic mass is 10.0. The van der Waals surface area contributed by atoms with Crippen LogP contribution in [0.2, 0.25) is 0 Å². The van der Waals surface area contributed by atoms with E-state index < -0.39 is 0 Å². The van der Waals surface area contributed by atoms with Crippen LogP contribution in [0, 0.1) is 0 Å². The van der Waals surface area contributed by atoms with Crippen molar-refractivity contribution in [3.63, 3.8) is 0 Å². The summed E-state index contributed by atoms with van der Waals surface area (Å²) in [6.45, 7) is 4.89. The van der Waals surface area contributed by atoms with Crippen LogP contribution >= 0.6 is 0 Å². The Bertz CT molecular complexity index is 1040. The van der Waals surface area contributed by atoms with Gasteiger partial charge in [0.05, 0.1) is 12.2 Å². The molecule has 0 atom stereocenters. The van der Waals surface area contributed by atoms with Crippen LogP contribution in [0.5, 0.6) is 11.5 Å². The van der Waals surface area contributed by atoms with Crippen molar-refractivity contribution in [1.29, 1.82) is 0 Å². The fourth-order valence-electron chi connectivity index (χ4n) is 3.99. The van der Waals surface area contributed by atoms with E-state index in [1.165, 1.54) is 12.5 Å². The second kappa shape index (κ2) is 13.4. The average Bonchev–Trinajstić information content (AvgIpc) is 3.28. The van der Waals surface area contributed by atoms with Gasteiger partial charge in [0, 0.05) is 30.9 Å². The van der Waals surface area contributed by atoms with Gasteiger partial charge in [0.2, 0.25) is 0 Å². The van der Waals surface area contributed by atoms with Crippen molar-refractivity contribution < 1.29 is 14.6 Å². The summed E-state index contributed by atoms with van der Waals surface area (Å²) in [5.74, 6) is 1.51. The van der Waals surface area contributed by atoms with Crippen LogP contribution < -0.4 is 4.74 Å². The van der Waals surface area contributed by atoms with Crippen molar-refractivity contribution in [3.05, 3.63) is 59.2 Å². The van der Waals surface area contributed by atoms with Gasteiger partial charge in [0.15, 0.2) is 11.6 Å². The van der Waals surface area contributed by atoms with Crippen molar-refractivity contribution in [3.8, 4) is 11.5 Å². The summed E-state index contributed by atoms with van der Waals surface area (Å²) in [6, 6.07) is 7.51. The van der Waals surface area contributed by atoms with Crippen molar-refractivity contribution in [1.82, 2.24) is 25.2 Å². The van der Waals surface area contributed by atoms with Crippen molar-refractivity contribution in [2.45, 2.75) is 78.2 Å². The first kappa shape index (κ1) is 25.3. The molecule has 0 fully saturated rings. The number of tetrazole rings is 1. The van der Waals surface area contributed by atoms with Gasteiger partial charge in [-0.25, -0.2) is 4.68 Å². The Morgan fingerprint density at radius 2 is 1.91 bits per heavy atom. The molecular formula is C26H35N5O3. The monoisotopic (exact) mass is 465 g/mol. The van der Waals surface area contributed by atoms with E-state index in [0.717, 1.165) is 69.3 Å². The van der Waals surface area contributed by atoms with Crippen molar-refractivity contribution >= 4 is 5.78 Å². The quantitative estimate of drug-likeness (QED) is 0.255. The largest absolute Gasteiger partial charge is 0.507 e. The topological polar surface area (TPSA) is 103 Å². The number of aromatic nitrogens is 5. The van der Waals surface area contributed by atoms with Crippen LogP contribution in [0.3, 0.4) is 0 Å². The molecule has 34 heavy (non-hydrogen) atoms. The highest BCUT2D eigenvalue weighted by atomic mass is 16.5. The molecular weight excluding hydrogens is 430 g/mol. The summed E-state index contributed by atoms with van der Waals surface area (Å²) in [4.78, 5) is 15.9. The van der Waals surface area contributed by atoms with Gasteiger partial charge >= 0.3 is 0 Å².